The Labute approximate surface area is 785 Å². The van der Waals surface area contributed by atoms with Crippen molar-refractivity contribution >= 4 is 77.1 Å². The summed E-state index contributed by atoms with van der Waals surface area (Å²) in [6, 6.07) is 103. The first-order valence-electron chi connectivity index (χ1n) is 43.4. The third-order valence-corrected chi connectivity index (χ3v) is 23.6. The predicted octanol–water partition coefficient (Wildman–Crippen LogP) is 32.5. The molecule has 16 aromatic rings. The fourth-order valence-electron chi connectivity index (χ4n) is 17.2. The van der Waals surface area contributed by atoms with Crippen LogP contribution in [0.3, 0.4) is 0 Å². The Balaban J connectivity index is 0.000000205. The number of hydrogen-bond acceptors (Lipinski definition) is 8. The second-order valence-electron chi connectivity index (χ2n) is 32.1. The van der Waals surface area contributed by atoms with E-state index in [4.69, 9.17) is 53.0 Å². The molecule has 0 aliphatic carbocycles. The van der Waals surface area contributed by atoms with Crippen molar-refractivity contribution in [2.75, 3.05) is 26.4 Å². The summed E-state index contributed by atoms with van der Waals surface area (Å²) in [6.07, 6.45) is 12.6. The molecule has 0 saturated heterocycles. The van der Waals surface area contributed by atoms with Crippen LogP contribution >= 0.6 is 34.1 Å². The number of para-hydroxylation sites is 6. The van der Waals surface area contributed by atoms with Crippen LogP contribution in [0.1, 0.15) is 92.2 Å². The fourth-order valence-corrected chi connectivity index (χ4v) is 17.2. The van der Waals surface area contributed by atoms with Crippen molar-refractivity contribution in [3.8, 4) is 135 Å². The molecule has 0 bridgehead atoms. The van der Waals surface area contributed by atoms with Gasteiger partial charge in [-0.1, -0.05) is 312 Å². The zero-order chi connectivity index (χ0) is 89.3. The van der Waals surface area contributed by atoms with Gasteiger partial charge in [-0.3, -0.25) is 0 Å². The van der Waals surface area contributed by atoms with Crippen LogP contribution in [0.2, 0.25) is 0 Å². The Bertz CT molecular complexity index is 6500. The average molecular weight is 1920 g/mol. The second kappa shape index (κ2) is 46.4. The molecule has 0 aliphatic rings. The number of fused-ring (bicyclic) bond motifs is 4. The first kappa shape index (κ1) is 94.0. The molecular formula is C113H106Cl4O8Zr2. The van der Waals surface area contributed by atoms with Crippen molar-refractivity contribution in [3.05, 3.63) is 362 Å². The molecule has 2 atom stereocenters. The Morgan fingerprint density at radius 2 is 0.535 bits per heavy atom. The summed E-state index contributed by atoms with van der Waals surface area (Å²) in [5.41, 5.74) is 20.4. The molecule has 14 heteroatoms. The summed E-state index contributed by atoms with van der Waals surface area (Å²) < 4.78 is 26.7. The summed E-state index contributed by atoms with van der Waals surface area (Å²) in [7, 11) is 19.7. The van der Waals surface area contributed by atoms with Gasteiger partial charge >= 0.3 is 75.7 Å². The molecule has 0 aliphatic heterocycles. The maximum absolute atomic E-state index is 12.2. The fraction of sp³-hybridized carbons (Fsp3) is 0.186. The third-order valence-electron chi connectivity index (χ3n) is 23.6. The molecule has 2 unspecified atom stereocenters. The van der Waals surface area contributed by atoms with Crippen LogP contribution in [-0.4, -0.2) is 46.9 Å². The van der Waals surface area contributed by atoms with E-state index in [-0.39, 0.29) is 34.8 Å². The molecule has 127 heavy (non-hydrogen) atoms. The van der Waals surface area contributed by atoms with Gasteiger partial charge in [0.25, 0.3) is 0 Å². The minimum absolute atomic E-state index is 0.0281. The number of rotatable bonds is 31. The number of aromatic hydroxyl groups is 4. The molecular weight excluding hydrogens is 1810 g/mol. The van der Waals surface area contributed by atoms with Gasteiger partial charge in [-0.05, 0) is 201 Å². The van der Waals surface area contributed by atoms with Crippen LogP contribution in [0.15, 0.2) is 329 Å². The molecule has 0 aromatic heterocycles. The first-order valence-corrected chi connectivity index (χ1v) is 56.0. The second-order valence-corrected chi connectivity index (χ2v) is 39.6. The summed E-state index contributed by atoms with van der Waals surface area (Å²) >= 11 is -1.65. The van der Waals surface area contributed by atoms with E-state index in [0.717, 1.165) is 188 Å². The molecule has 16 aromatic carbocycles. The molecule has 8 nitrogen and oxygen atoms in total. The van der Waals surface area contributed by atoms with E-state index in [9.17, 15) is 20.4 Å². The van der Waals surface area contributed by atoms with Crippen LogP contribution in [0, 0.1) is 39.5 Å². The number of ether oxygens (including phenoxy) is 4. The Kier molecular flexibility index (Phi) is 34.3. The molecule has 642 valence electrons. The predicted molar refractivity (Wildman–Crippen MR) is 529 cm³/mol. The number of allylic oxidation sites excluding steroid dienone is 2. The van der Waals surface area contributed by atoms with E-state index in [0.29, 0.717) is 73.4 Å². The summed E-state index contributed by atoms with van der Waals surface area (Å²) in [5.74, 6) is 3.64. The minimum atomic E-state index is -0.826. The van der Waals surface area contributed by atoms with E-state index in [1.807, 2.05) is 182 Å². The molecule has 0 amide bonds. The number of aryl methyl sites for hydroxylation is 6. The van der Waals surface area contributed by atoms with Gasteiger partial charge in [-0.25, -0.2) is 0 Å². The molecule has 0 saturated carbocycles. The van der Waals surface area contributed by atoms with Crippen molar-refractivity contribution in [2.45, 2.75) is 99.3 Å². The van der Waals surface area contributed by atoms with Crippen molar-refractivity contribution in [2.24, 2.45) is 11.8 Å². The van der Waals surface area contributed by atoms with Gasteiger partial charge in [0.1, 0.15) is 46.0 Å². The maximum atomic E-state index is 12.2. The number of halogens is 4. The van der Waals surface area contributed by atoms with Crippen LogP contribution < -0.4 is 18.9 Å². The molecule has 4 N–H and O–H groups in total. The Morgan fingerprint density at radius 3 is 0.835 bits per heavy atom. The van der Waals surface area contributed by atoms with E-state index in [2.05, 4.69) is 188 Å². The number of hydrogen-bond donors (Lipinski definition) is 4. The van der Waals surface area contributed by atoms with Crippen LogP contribution in [0.25, 0.3) is 132 Å². The van der Waals surface area contributed by atoms with Crippen LogP contribution in [0.4, 0.5) is 0 Å². The van der Waals surface area contributed by atoms with Gasteiger partial charge in [0.15, 0.2) is 0 Å². The Hall–Kier alpha value is -10.6. The summed E-state index contributed by atoms with van der Waals surface area (Å²) in [5, 5.41) is 57.1. The summed E-state index contributed by atoms with van der Waals surface area (Å²) in [4.78, 5) is 0. The number of unbranched alkanes of at least 4 members (excludes halogenated alkanes) is 3. The standard InChI is InChI=1S/C57H54O4.C56H52O4.4ClH.2Zr/c1-5-7-8-18-40-31-34-53(51(35-40)48-25-16-27-50(57(48)59)55-39(4)30-33-43-20-10-12-22-45(43)55)61-37-41(17-6-2)36-60-52-28-14-13-23-46(52)47-24-15-26-49(56(47)58)54-38(3)29-32-42-19-9-11-21-44(42)54;1-5-7-17-39-30-33-52(50(34-39)47-24-15-26-49(56(47)58)54-38(4)29-32-42-19-9-11-21-44(42)54)60-36-40(16-6-2)35-59-51-27-13-12-22-45(51)46-23-14-25-48(55(46)57)53-37(3)28-31-41-18-8-10-20-43(41)53;;;;;;/h6,9-16,19-35,41,58-59H,2,5,7-8,17-18,36-37H2,1,3-4H3;6,8-15,18-34,40,57-58H,2,5,7,16-17,35-36H2,1,3-4H3;4*1H;;/q;;;;;;2*+2/p-4. The van der Waals surface area contributed by atoms with Gasteiger partial charge in [0.05, 0.1) is 26.4 Å². The van der Waals surface area contributed by atoms with Crippen molar-refractivity contribution in [3.63, 3.8) is 0 Å². The van der Waals surface area contributed by atoms with Crippen LogP contribution in [-0.2, 0) is 54.5 Å². The monoisotopic (exact) mass is 1910 g/mol. The van der Waals surface area contributed by atoms with Crippen molar-refractivity contribution in [1.82, 2.24) is 0 Å². The van der Waals surface area contributed by atoms with Gasteiger partial charge in [0, 0.05) is 78.6 Å². The SMILES string of the molecule is C=CCC(COc1ccccc1-c1cccc(-c2c(C)ccc3ccccc23)c1O)COc1ccc(CCCC)cc1-c1cccc(-c2c(C)ccc3ccccc23)c1O.C=CCC(COc1ccccc1-c1cccc(-c2c(C)ccc3ccccc23)c1O)COc1ccc(CCCCC)cc1-c1cccc(-c2c(C)ccc3ccccc23)c1O.[Cl][Zr][Cl].[Cl][Zr][Cl]. The zero-order valence-corrected chi connectivity index (χ0v) is 80.7. The van der Waals surface area contributed by atoms with E-state index >= 15 is 0 Å². The first-order chi connectivity index (χ1) is 62.0. The van der Waals surface area contributed by atoms with Gasteiger partial charge in [0.2, 0.25) is 0 Å². The van der Waals surface area contributed by atoms with Crippen molar-refractivity contribution in [1.29, 1.82) is 0 Å². The van der Waals surface area contributed by atoms with E-state index in [1.165, 1.54) is 11.1 Å². The topological polar surface area (TPSA) is 118 Å². The third kappa shape index (κ3) is 22.6. The quantitative estimate of drug-likeness (QED) is 0.0251. The van der Waals surface area contributed by atoms with Gasteiger partial charge in [-0.15, -0.1) is 13.2 Å². The normalized spacial score (nSPS) is 11.4. The van der Waals surface area contributed by atoms with Crippen molar-refractivity contribution < 1.29 is 81.1 Å². The number of phenolic OH excluding ortho intramolecular Hbond substituents is 4. The van der Waals surface area contributed by atoms with Gasteiger partial charge < -0.3 is 39.4 Å². The Morgan fingerprint density at radius 1 is 0.283 bits per heavy atom. The number of benzene rings is 16. The molecule has 0 radical (unpaired) electrons. The number of phenols is 4. The van der Waals surface area contributed by atoms with E-state index in [1.54, 1.807) is 0 Å². The zero-order valence-electron chi connectivity index (χ0n) is 72.7. The molecule has 0 heterocycles. The van der Waals surface area contributed by atoms with E-state index < -0.39 is 41.7 Å². The van der Waals surface area contributed by atoms with Crippen LogP contribution in [0.5, 0.6) is 46.0 Å². The molecule has 16 rings (SSSR count). The molecule has 0 fully saturated rings. The average Bonchev–Trinajstić information content (AvgIpc) is 0.777. The molecule has 0 spiro atoms. The summed E-state index contributed by atoms with van der Waals surface area (Å²) in [6.45, 7) is 22.4. The van der Waals surface area contributed by atoms with Gasteiger partial charge in [-0.2, -0.15) is 0 Å².